The predicted octanol–water partition coefficient (Wildman–Crippen LogP) is 3.08. The molecule has 25 heavy (non-hydrogen) atoms. The van der Waals surface area contributed by atoms with E-state index >= 15 is 0 Å². The van der Waals surface area contributed by atoms with Crippen LogP contribution < -0.4 is 5.32 Å². The van der Waals surface area contributed by atoms with Gasteiger partial charge in [0.2, 0.25) is 0 Å². The Morgan fingerprint density at radius 3 is 2.76 bits per heavy atom. The number of thiocarbonyl (C=S) groups is 1. The second kappa shape index (κ2) is 7.51. The molecule has 1 aromatic carbocycles. The van der Waals surface area contributed by atoms with Crippen molar-refractivity contribution in [1.82, 2.24) is 20.1 Å². The minimum Gasteiger partial charge on any atom is -0.467 e. The summed E-state index contributed by atoms with van der Waals surface area (Å²) in [4.78, 5) is 9.41. The minimum absolute atomic E-state index is 0.637. The predicted molar refractivity (Wildman–Crippen MR) is 105 cm³/mol. The lowest BCUT2D eigenvalue weighted by Gasteiger charge is -2.35. The van der Waals surface area contributed by atoms with Gasteiger partial charge in [-0.1, -0.05) is 12.1 Å². The molecule has 7 heteroatoms. The molecule has 4 rings (SSSR count). The van der Waals surface area contributed by atoms with Gasteiger partial charge in [0.25, 0.3) is 0 Å². The number of benzene rings is 1. The second-order valence-corrected chi connectivity index (χ2v) is 7.58. The summed E-state index contributed by atoms with van der Waals surface area (Å²) < 4.78 is 6.59. The Labute approximate surface area is 156 Å². The SMILES string of the molecule is S=C(NCc1ccco1)N1CCN(Cc2nc3ccccc3s2)CC1. The number of hydrogen-bond donors (Lipinski definition) is 1. The zero-order chi connectivity index (χ0) is 17.1. The fourth-order valence-electron chi connectivity index (χ4n) is 2.98. The van der Waals surface area contributed by atoms with Gasteiger partial charge < -0.3 is 14.6 Å². The minimum atomic E-state index is 0.637. The first-order valence-corrected chi connectivity index (χ1v) is 9.62. The van der Waals surface area contributed by atoms with Crippen LogP contribution in [0.4, 0.5) is 0 Å². The Kier molecular flexibility index (Phi) is 4.96. The van der Waals surface area contributed by atoms with Crippen molar-refractivity contribution in [1.29, 1.82) is 0 Å². The molecule has 1 fully saturated rings. The first kappa shape index (κ1) is 16.5. The molecular formula is C18H20N4OS2. The van der Waals surface area contributed by atoms with Crippen LogP contribution in [-0.4, -0.2) is 46.1 Å². The van der Waals surface area contributed by atoms with E-state index in [0.717, 1.165) is 49.1 Å². The van der Waals surface area contributed by atoms with E-state index in [1.165, 1.54) is 9.71 Å². The molecule has 5 nitrogen and oxygen atoms in total. The summed E-state index contributed by atoms with van der Waals surface area (Å²) in [6.07, 6.45) is 1.68. The van der Waals surface area contributed by atoms with Crippen molar-refractivity contribution in [3.8, 4) is 0 Å². The molecular weight excluding hydrogens is 352 g/mol. The molecule has 1 aliphatic heterocycles. The van der Waals surface area contributed by atoms with Gasteiger partial charge in [-0.3, -0.25) is 4.90 Å². The number of rotatable bonds is 4. The number of nitrogens with one attached hydrogen (secondary N) is 1. The summed E-state index contributed by atoms with van der Waals surface area (Å²) in [7, 11) is 0. The van der Waals surface area contributed by atoms with Gasteiger partial charge in [0.05, 0.1) is 29.6 Å². The fraction of sp³-hybridized carbons (Fsp3) is 0.333. The van der Waals surface area contributed by atoms with Crippen molar-refractivity contribution in [2.75, 3.05) is 26.2 Å². The summed E-state index contributed by atoms with van der Waals surface area (Å²) in [5.74, 6) is 0.900. The first-order chi connectivity index (χ1) is 12.3. The van der Waals surface area contributed by atoms with Crippen molar-refractivity contribution in [2.24, 2.45) is 0 Å². The quantitative estimate of drug-likeness (QED) is 0.710. The van der Waals surface area contributed by atoms with E-state index in [-0.39, 0.29) is 0 Å². The normalized spacial score (nSPS) is 15.6. The maximum Gasteiger partial charge on any atom is 0.169 e. The Morgan fingerprint density at radius 1 is 1.16 bits per heavy atom. The van der Waals surface area contributed by atoms with Gasteiger partial charge >= 0.3 is 0 Å². The van der Waals surface area contributed by atoms with E-state index in [4.69, 9.17) is 21.6 Å². The van der Waals surface area contributed by atoms with Gasteiger partial charge in [0.15, 0.2) is 5.11 Å². The monoisotopic (exact) mass is 372 g/mol. The van der Waals surface area contributed by atoms with E-state index in [2.05, 4.69) is 33.3 Å². The van der Waals surface area contributed by atoms with Gasteiger partial charge in [0.1, 0.15) is 10.8 Å². The smallest absolute Gasteiger partial charge is 0.169 e. The zero-order valence-electron chi connectivity index (χ0n) is 13.9. The Morgan fingerprint density at radius 2 is 2.00 bits per heavy atom. The number of fused-ring (bicyclic) bond motifs is 1. The van der Waals surface area contributed by atoms with Crippen LogP contribution in [0.15, 0.2) is 47.1 Å². The van der Waals surface area contributed by atoms with Crippen LogP contribution in [0.2, 0.25) is 0 Å². The number of furan rings is 1. The molecule has 0 unspecified atom stereocenters. The Bertz CT molecular complexity index is 805. The molecule has 1 aliphatic rings. The number of piperazine rings is 1. The molecule has 3 aromatic rings. The van der Waals surface area contributed by atoms with Crippen LogP contribution in [0.5, 0.6) is 0 Å². The highest BCUT2D eigenvalue weighted by molar-refractivity contribution is 7.80. The summed E-state index contributed by atoms with van der Waals surface area (Å²) in [6, 6.07) is 12.2. The molecule has 0 aliphatic carbocycles. The lowest BCUT2D eigenvalue weighted by atomic mass is 10.3. The van der Waals surface area contributed by atoms with E-state index in [9.17, 15) is 0 Å². The highest BCUT2D eigenvalue weighted by Crippen LogP contribution is 2.23. The molecule has 0 spiro atoms. The maximum atomic E-state index is 5.50. The van der Waals surface area contributed by atoms with Crippen LogP contribution in [-0.2, 0) is 13.1 Å². The van der Waals surface area contributed by atoms with Crippen LogP contribution >= 0.6 is 23.6 Å². The summed E-state index contributed by atoms with van der Waals surface area (Å²) in [6.45, 7) is 5.43. The summed E-state index contributed by atoms with van der Waals surface area (Å²) in [5, 5.41) is 5.26. The van der Waals surface area contributed by atoms with E-state index in [0.29, 0.717) is 6.54 Å². The lowest BCUT2D eigenvalue weighted by Crippen LogP contribution is -2.51. The standard InChI is InChI=1S/C18H20N4OS2/c24-18(19-12-14-4-3-11-23-14)22-9-7-21(8-10-22)13-17-20-15-5-1-2-6-16(15)25-17/h1-6,11H,7-10,12-13H2,(H,19,24). The number of aromatic nitrogens is 1. The lowest BCUT2D eigenvalue weighted by molar-refractivity contribution is 0.174. The highest BCUT2D eigenvalue weighted by atomic mass is 32.1. The van der Waals surface area contributed by atoms with E-state index in [1.807, 2.05) is 18.2 Å². The zero-order valence-corrected chi connectivity index (χ0v) is 15.5. The van der Waals surface area contributed by atoms with Gasteiger partial charge in [0, 0.05) is 26.2 Å². The van der Waals surface area contributed by atoms with Gasteiger partial charge in [-0.15, -0.1) is 11.3 Å². The third kappa shape index (κ3) is 4.00. The first-order valence-electron chi connectivity index (χ1n) is 8.40. The number of nitrogens with zero attached hydrogens (tertiary/aromatic N) is 3. The Balaban J connectivity index is 1.27. The van der Waals surface area contributed by atoms with Crippen LogP contribution in [0.3, 0.4) is 0 Å². The number of thiazole rings is 1. The maximum absolute atomic E-state index is 5.50. The van der Waals surface area contributed by atoms with Crippen LogP contribution in [0, 0.1) is 0 Å². The summed E-state index contributed by atoms with van der Waals surface area (Å²) >= 11 is 7.29. The molecule has 0 saturated carbocycles. The van der Waals surface area contributed by atoms with Gasteiger partial charge in [-0.25, -0.2) is 4.98 Å². The molecule has 3 heterocycles. The number of para-hydroxylation sites is 1. The van der Waals surface area contributed by atoms with Crippen molar-refractivity contribution in [3.63, 3.8) is 0 Å². The molecule has 1 N–H and O–H groups in total. The second-order valence-electron chi connectivity index (χ2n) is 6.08. The molecule has 0 bridgehead atoms. The molecule has 1 saturated heterocycles. The average Bonchev–Trinajstić information content (AvgIpc) is 3.29. The number of hydrogen-bond acceptors (Lipinski definition) is 5. The third-order valence-corrected chi connectivity index (χ3v) is 5.77. The molecule has 0 atom stereocenters. The van der Waals surface area contributed by atoms with Crippen LogP contribution in [0.25, 0.3) is 10.2 Å². The van der Waals surface area contributed by atoms with Crippen molar-refractivity contribution in [3.05, 3.63) is 53.4 Å². The van der Waals surface area contributed by atoms with Crippen molar-refractivity contribution < 1.29 is 4.42 Å². The molecule has 0 radical (unpaired) electrons. The van der Waals surface area contributed by atoms with Crippen molar-refractivity contribution in [2.45, 2.75) is 13.1 Å². The van der Waals surface area contributed by atoms with E-state index < -0.39 is 0 Å². The van der Waals surface area contributed by atoms with Gasteiger partial charge in [-0.05, 0) is 36.5 Å². The third-order valence-electron chi connectivity index (χ3n) is 4.35. The molecule has 2 aromatic heterocycles. The summed E-state index contributed by atoms with van der Waals surface area (Å²) in [5.41, 5.74) is 1.10. The Hall–Kier alpha value is -1.96. The topological polar surface area (TPSA) is 44.5 Å². The fourth-order valence-corrected chi connectivity index (χ4v) is 4.24. The molecule has 130 valence electrons. The highest BCUT2D eigenvalue weighted by Gasteiger charge is 2.20. The van der Waals surface area contributed by atoms with E-state index in [1.54, 1.807) is 17.6 Å². The average molecular weight is 373 g/mol. The van der Waals surface area contributed by atoms with Crippen molar-refractivity contribution >= 4 is 38.9 Å². The largest absolute Gasteiger partial charge is 0.467 e. The van der Waals surface area contributed by atoms with Crippen LogP contribution in [0.1, 0.15) is 10.8 Å². The molecule has 0 amide bonds. The van der Waals surface area contributed by atoms with Gasteiger partial charge in [-0.2, -0.15) is 0 Å².